The standard InChI is InChI=1S/C24H26N4O3S/c1-17-6-4-7-18(14-17)15-21(29)28(12-5-11-27-13-10-25-16-27)24-26-22-19(30-2)8-9-20(31-3)23(22)32-24/h4,6-10,13-14,16H,5,11-12,15H2,1-3H3. The number of aromatic nitrogens is 3. The predicted octanol–water partition coefficient (Wildman–Crippen LogP) is 4.48. The second-order valence-electron chi connectivity index (χ2n) is 7.51. The molecule has 2 aromatic carbocycles. The number of carbonyl (C=O) groups excluding carboxylic acids is 1. The van der Waals surface area contributed by atoms with Crippen LogP contribution in [0.3, 0.4) is 0 Å². The number of anilines is 1. The van der Waals surface area contributed by atoms with Gasteiger partial charge >= 0.3 is 0 Å². The van der Waals surface area contributed by atoms with Crippen LogP contribution < -0.4 is 14.4 Å². The maximum atomic E-state index is 13.4. The fraction of sp³-hybridized carbons (Fsp3) is 0.292. The lowest BCUT2D eigenvalue weighted by Gasteiger charge is -2.20. The molecule has 0 N–H and O–H groups in total. The van der Waals surface area contributed by atoms with Crippen LogP contribution in [0, 0.1) is 6.92 Å². The van der Waals surface area contributed by atoms with E-state index in [-0.39, 0.29) is 5.91 Å². The molecule has 7 nitrogen and oxygen atoms in total. The molecule has 0 aliphatic heterocycles. The van der Waals surface area contributed by atoms with Crippen molar-refractivity contribution < 1.29 is 14.3 Å². The maximum Gasteiger partial charge on any atom is 0.233 e. The van der Waals surface area contributed by atoms with E-state index in [2.05, 4.69) is 4.98 Å². The van der Waals surface area contributed by atoms with E-state index in [4.69, 9.17) is 14.5 Å². The summed E-state index contributed by atoms with van der Waals surface area (Å²) in [6, 6.07) is 11.7. The monoisotopic (exact) mass is 450 g/mol. The summed E-state index contributed by atoms with van der Waals surface area (Å²) in [4.78, 5) is 24.1. The molecule has 0 spiro atoms. The van der Waals surface area contributed by atoms with E-state index >= 15 is 0 Å². The van der Waals surface area contributed by atoms with Gasteiger partial charge in [-0.2, -0.15) is 0 Å². The van der Waals surface area contributed by atoms with E-state index in [9.17, 15) is 4.79 Å². The Hall–Kier alpha value is -3.39. The van der Waals surface area contributed by atoms with E-state index in [0.29, 0.717) is 35.1 Å². The van der Waals surface area contributed by atoms with Crippen molar-refractivity contribution >= 4 is 32.6 Å². The molecule has 4 rings (SSSR count). The number of amides is 1. The fourth-order valence-electron chi connectivity index (χ4n) is 3.64. The van der Waals surface area contributed by atoms with Gasteiger partial charge in [0.15, 0.2) is 5.13 Å². The molecule has 0 aliphatic carbocycles. The molecule has 0 bridgehead atoms. The second-order valence-corrected chi connectivity index (χ2v) is 8.49. The number of rotatable bonds is 9. The van der Waals surface area contributed by atoms with Crippen LogP contribution in [-0.2, 0) is 17.8 Å². The third-order valence-electron chi connectivity index (χ3n) is 5.23. The minimum atomic E-state index is 0.0122. The average Bonchev–Trinajstić information content (AvgIpc) is 3.46. The highest BCUT2D eigenvalue weighted by Crippen LogP contribution is 2.40. The van der Waals surface area contributed by atoms with Crippen molar-refractivity contribution in [3.05, 3.63) is 66.2 Å². The van der Waals surface area contributed by atoms with Crippen molar-refractivity contribution in [1.29, 1.82) is 0 Å². The summed E-state index contributed by atoms with van der Waals surface area (Å²) in [5.74, 6) is 1.39. The van der Waals surface area contributed by atoms with E-state index in [1.807, 2.05) is 54.1 Å². The number of carbonyl (C=O) groups is 1. The largest absolute Gasteiger partial charge is 0.495 e. The van der Waals surface area contributed by atoms with Crippen molar-refractivity contribution in [2.24, 2.45) is 0 Å². The summed E-state index contributed by atoms with van der Waals surface area (Å²) in [7, 11) is 3.25. The van der Waals surface area contributed by atoms with Crippen LogP contribution in [-0.4, -0.2) is 41.2 Å². The number of hydrogen-bond donors (Lipinski definition) is 0. The molecule has 0 saturated carbocycles. The highest BCUT2D eigenvalue weighted by molar-refractivity contribution is 7.22. The molecule has 32 heavy (non-hydrogen) atoms. The summed E-state index contributed by atoms with van der Waals surface area (Å²) in [6.07, 6.45) is 6.56. The van der Waals surface area contributed by atoms with Crippen molar-refractivity contribution in [1.82, 2.24) is 14.5 Å². The average molecular weight is 451 g/mol. The van der Waals surface area contributed by atoms with Gasteiger partial charge in [-0.1, -0.05) is 41.2 Å². The fourth-order valence-corrected chi connectivity index (χ4v) is 4.76. The maximum absolute atomic E-state index is 13.4. The van der Waals surface area contributed by atoms with Crippen LogP contribution >= 0.6 is 11.3 Å². The number of aryl methyl sites for hydroxylation is 2. The van der Waals surface area contributed by atoms with Crippen LogP contribution in [0.4, 0.5) is 5.13 Å². The molecule has 0 unspecified atom stereocenters. The van der Waals surface area contributed by atoms with Crippen molar-refractivity contribution in [2.75, 3.05) is 25.7 Å². The summed E-state index contributed by atoms with van der Waals surface area (Å²) in [5, 5.41) is 0.645. The summed E-state index contributed by atoms with van der Waals surface area (Å²) < 4.78 is 13.9. The van der Waals surface area contributed by atoms with E-state index in [1.165, 1.54) is 11.3 Å². The molecule has 4 aromatic rings. The van der Waals surface area contributed by atoms with Gasteiger partial charge in [-0.3, -0.25) is 9.69 Å². The van der Waals surface area contributed by atoms with Crippen molar-refractivity contribution in [3.8, 4) is 11.5 Å². The van der Waals surface area contributed by atoms with Gasteiger partial charge in [-0.05, 0) is 31.0 Å². The van der Waals surface area contributed by atoms with Gasteiger partial charge in [0, 0.05) is 25.5 Å². The van der Waals surface area contributed by atoms with Gasteiger partial charge in [0.1, 0.15) is 21.7 Å². The zero-order chi connectivity index (χ0) is 22.5. The minimum Gasteiger partial charge on any atom is -0.495 e. The zero-order valence-electron chi connectivity index (χ0n) is 18.4. The Morgan fingerprint density at radius 2 is 1.97 bits per heavy atom. The van der Waals surface area contributed by atoms with Crippen LogP contribution in [0.25, 0.3) is 10.2 Å². The van der Waals surface area contributed by atoms with Crippen LogP contribution in [0.2, 0.25) is 0 Å². The Kier molecular flexibility index (Phi) is 6.70. The summed E-state index contributed by atoms with van der Waals surface area (Å²) in [5.41, 5.74) is 2.83. The Labute approximate surface area is 191 Å². The molecule has 166 valence electrons. The van der Waals surface area contributed by atoms with Crippen molar-refractivity contribution in [3.63, 3.8) is 0 Å². The Bertz CT molecular complexity index is 1160. The first-order valence-electron chi connectivity index (χ1n) is 10.4. The number of methoxy groups -OCH3 is 2. The normalized spacial score (nSPS) is 11.0. The predicted molar refractivity (Wildman–Crippen MR) is 127 cm³/mol. The molecule has 8 heteroatoms. The van der Waals surface area contributed by atoms with Gasteiger partial charge in [0.25, 0.3) is 0 Å². The summed E-state index contributed by atoms with van der Waals surface area (Å²) in [6.45, 7) is 3.35. The summed E-state index contributed by atoms with van der Waals surface area (Å²) >= 11 is 1.45. The van der Waals surface area contributed by atoms with Gasteiger partial charge in [-0.25, -0.2) is 9.97 Å². The molecule has 0 fully saturated rings. The lowest BCUT2D eigenvalue weighted by molar-refractivity contribution is -0.118. The Morgan fingerprint density at radius 1 is 1.16 bits per heavy atom. The SMILES string of the molecule is COc1ccc(OC)c2sc(N(CCCn3ccnc3)C(=O)Cc3cccc(C)c3)nc12. The van der Waals surface area contributed by atoms with Crippen LogP contribution in [0.15, 0.2) is 55.1 Å². The van der Waals surface area contributed by atoms with Gasteiger partial charge in [0.05, 0.1) is 27.0 Å². The number of thiazole rings is 1. The highest BCUT2D eigenvalue weighted by Gasteiger charge is 2.22. The molecule has 0 saturated heterocycles. The van der Waals surface area contributed by atoms with E-state index in [0.717, 1.165) is 28.8 Å². The quantitative estimate of drug-likeness (QED) is 0.376. The molecule has 2 heterocycles. The van der Waals surface area contributed by atoms with Crippen LogP contribution in [0.1, 0.15) is 17.5 Å². The first kappa shape index (κ1) is 21.8. The topological polar surface area (TPSA) is 69.5 Å². The number of benzene rings is 2. The number of ether oxygens (including phenoxy) is 2. The minimum absolute atomic E-state index is 0.0122. The van der Waals surface area contributed by atoms with E-state index in [1.54, 1.807) is 31.6 Å². The number of fused-ring (bicyclic) bond motifs is 1. The first-order chi connectivity index (χ1) is 15.6. The molecule has 0 atom stereocenters. The molecule has 0 radical (unpaired) electrons. The lowest BCUT2D eigenvalue weighted by atomic mass is 10.1. The third kappa shape index (κ3) is 4.75. The smallest absolute Gasteiger partial charge is 0.233 e. The van der Waals surface area contributed by atoms with Gasteiger partial charge in [-0.15, -0.1) is 0 Å². The Balaban J connectivity index is 1.65. The van der Waals surface area contributed by atoms with Crippen molar-refractivity contribution in [2.45, 2.75) is 26.3 Å². The molecule has 2 aromatic heterocycles. The van der Waals surface area contributed by atoms with E-state index < -0.39 is 0 Å². The zero-order valence-corrected chi connectivity index (χ0v) is 19.3. The molecule has 0 aliphatic rings. The number of hydrogen-bond acceptors (Lipinski definition) is 6. The Morgan fingerprint density at radius 3 is 2.69 bits per heavy atom. The molecule has 1 amide bonds. The third-order valence-corrected chi connectivity index (χ3v) is 6.32. The number of nitrogens with zero attached hydrogens (tertiary/aromatic N) is 4. The highest BCUT2D eigenvalue weighted by atomic mass is 32.1. The second kappa shape index (κ2) is 9.82. The van der Waals surface area contributed by atoms with Crippen LogP contribution in [0.5, 0.6) is 11.5 Å². The number of imidazole rings is 1. The molecular weight excluding hydrogens is 424 g/mol. The lowest BCUT2D eigenvalue weighted by Crippen LogP contribution is -2.33. The van der Waals surface area contributed by atoms with Gasteiger partial charge < -0.3 is 14.0 Å². The van der Waals surface area contributed by atoms with Gasteiger partial charge in [0.2, 0.25) is 5.91 Å². The molecular formula is C24H26N4O3S. The first-order valence-corrected chi connectivity index (χ1v) is 11.2.